The molecule has 0 aliphatic carbocycles. The highest BCUT2D eigenvalue weighted by molar-refractivity contribution is 9.10. The van der Waals surface area contributed by atoms with Gasteiger partial charge < -0.3 is 19.5 Å². The summed E-state index contributed by atoms with van der Waals surface area (Å²) in [6, 6.07) is 23.5. The first kappa shape index (κ1) is 24.5. The molecule has 0 aromatic heterocycles. The second kappa shape index (κ2) is 10.4. The summed E-state index contributed by atoms with van der Waals surface area (Å²) >= 11 is 3.51. The van der Waals surface area contributed by atoms with Gasteiger partial charge in [-0.1, -0.05) is 53.2 Å². The van der Waals surface area contributed by atoms with Gasteiger partial charge in [0, 0.05) is 41.7 Å². The van der Waals surface area contributed by atoms with E-state index in [-0.39, 0.29) is 12.5 Å². The van der Waals surface area contributed by atoms with Crippen molar-refractivity contribution < 1.29 is 19.4 Å². The van der Waals surface area contributed by atoms with E-state index in [9.17, 15) is 4.79 Å². The first-order valence-electron chi connectivity index (χ1n) is 12.3. The highest BCUT2D eigenvalue weighted by Gasteiger charge is 2.57. The van der Waals surface area contributed by atoms with Crippen molar-refractivity contribution in [2.45, 2.75) is 37.8 Å². The van der Waals surface area contributed by atoms with Gasteiger partial charge in [-0.15, -0.1) is 0 Å². The predicted molar refractivity (Wildman–Crippen MR) is 144 cm³/mol. The third-order valence-electron chi connectivity index (χ3n) is 6.61. The quantitative estimate of drug-likeness (QED) is 0.379. The van der Waals surface area contributed by atoms with E-state index in [2.05, 4.69) is 28.9 Å². The van der Waals surface area contributed by atoms with Gasteiger partial charge in [0.2, 0.25) is 5.90 Å². The predicted octanol–water partition coefficient (Wildman–Crippen LogP) is 5.47. The second-order valence-corrected chi connectivity index (χ2v) is 10.0. The Morgan fingerprint density at radius 2 is 1.86 bits per heavy atom. The van der Waals surface area contributed by atoms with Crippen LogP contribution in [0.3, 0.4) is 0 Å². The van der Waals surface area contributed by atoms with Crippen molar-refractivity contribution in [3.8, 4) is 5.75 Å². The van der Waals surface area contributed by atoms with Gasteiger partial charge in [0.1, 0.15) is 5.75 Å². The van der Waals surface area contributed by atoms with Crippen LogP contribution in [0.4, 0.5) is 5.69 Å². The van der Waals surface area contributed by atoms with E-state index < -0.39 is 11.6 Å². The van der Waals surface area contributed by atoms with Crippen LogP contribution in [0.15, 0.2) is 82.3 Å². The van der Waals surface area contributed by atoms with Crippen LogP contribution in [0, 0.1) is 0 Å². The molecule has 0 saturated heterocycles. The molecule has 2 heterocycles. The summed E-state index contributed by atoms with van der Waals surface area (Å²) in [4.78, 5) is 21.2. The number of aliphatic imine (C=N–C) groups is 1. The molecule has 0 radical (unpaired) electrons. The first-order chi connectivity index (χ1) is 17.6. The number of para-hydroxylation sites is 1. The maximum Gasteiger partial charge on any atom is 0.259 e. The van der Waals surface area contributed by atoms with Gasteiger partial charge in [-0.05, 0) is 60.0 Å². The zero-order valence-electron chi connectivity index (χ0n) is 20.2. The van der Waals surface area contributed by atoms with Gasteiger partial charge >= 0.3 is 0 Å². The Balaban J connectivity index is 1.56. The van der Waals surface area contributed by atoms with Crippen molar-refractivity contribution in [3.05, 3.63) is 94.0 Å². The number of amides is 1. The number of carbonyl (C=O) groups excluding carboxylic acids is 1. The molecule has 2 aliphatic heterocycles. The van der Waals surface area contributed by atoms with E-state index in [1.807, 2.05) is 71.6 Å². The molecule has 1 spiro atoms. The summed E-state index contributed by atoms with van der Waals surface area (Å²) in [5.41, 5.74) is 2.65. The highest BCUT2D eigenvalue weighted by Crippen LogP contribution is 2.47. The summed E-state index contributed by atoms with van der Waals surface area (Å²) in [6.45, 7) is 3.24. The third kappa shape index (κ3) is 4.53. The summed E-state index contributed by atoms with van der Waals surface area (Å²) in [7, 11) is 0. The zero-order valence-corrected chi connectivity index (χ0v) is 21.8. The molecular formula is C29H29BrN2O4. The third-order valence-corrected chi connectivity index (χ3v) is 7.14. The van der Waals surface area contributed by atoms with Gasteiger partial charge in [-0.3, -0.25) is 4.79 Å². The van der Waals surface area contributed by atoms with Gasteiger partial charge in [-0.2, -0.15) is 0 Å². The maximum atomic E-state index is 14.2. The maximum absolute atomic E-state index is 14.2. The van der Waals surface area contributed by atoms with Crippen molar-refractivity contribution in [1.82, 2.24) is 0 Å². The smallest absolute Gasteiger partial charge is 0.259 e. The first-order valence-corrected chi connectivity index (χ1v) is 13.1. The molecule has 3 aromatic carbocycles. The van der Waals surface area contributed by atoms with Gasteiger partial charge in [0.25, 0.3) is 5.91 Å². The summed E-state index contributed by atoms with van der Waals surface area (Å²) < 4.78 is 13.2. The lowest BCUT2D eigenvalue weighted by Crippen LogP contribution is -2.55. The monoisotopic (exact) mass is 548 g/mol. The van der Waals surface area contributed by atoms with Gasteiger partial charge in [-0.25, -0.2) is 4.99 Å². The van der Waals surface area contributed by atoms with Crippen molar-refractivity contribution in [2.24, 2.45) is 4.99 Å². The Hall–Kier alpha value is -3.16. The Kier molecular flexibility index (Phi) is 7.12. The minimum atomic E-state index is -1.09. The topological polar surface area (TPSA) is 71.4 Å². The number of rotatable bonds is 8. The van der Waals surface area contributed by atoms with Crippen molar-refractivity contribution in [1.29, 1.82) is 0 Å². The van der Waals surface area contributed by atoms with Crippen LogP contribution in [-0.2, 0) is 16.0 Å². The molecule has 1 N–H and O–H groups in total. The summed E-state index contributed by atoms with van der Waals surface area (Å²) in [5.74, 6) is 1.13. The van der Waals surface area contributed by atoms with Crippen LogP contribution < -0.4 is 9.64 Å². The summed E-state index contributed by atoms with van der Waals surface area (Å²) in [5, 5.41) is 8.98. The normalized spacial score (nSPS) is 20.8. The van der Waals surface area contributed by atoms with E-state index >= 15 is 0 Å². The number of anilines is 1. The fourth-order valence-corrected chi connectivity index (χ4v) is 5.17. The van der Waals surface area contributed by atoms with E-state index in [1.165, 1.54) is 0 Å². The Morgan fingerprint density at radius 1 is 1.11 bits per heavy atom. The molecule has 0 fully saturated rings. The fourth-order valence-electron chi connectivity index (χ4n) is 4.91. The molecule has 186 valence electrons. The standard InChI is InChI=1S/C29H29BrN2O4/c1-2-16-32-25-7-4-3-6-22(25)19-29(28(32)34)26(20-8-12-23(30)13-9-20)36-27(31-29)21-10-14-24(15-11-21)35-18-5-17-33/h3-4,6-15,26,33H,2,5,16-19H2,1H3/t26-,29-/m0/s1. The lowest BCUT2D eigenvalue weighted by molar-refractivity contribution is -0.126. The van der Waals surface area contributed by atoms with Crippen molar-refractivity contribution in [3.63, 3.8) is 0 Å². The number of nitrogens with zero attached hydrogens (tertiary/aromatic N) is 2. The molecule has 1 amide bonds. The van der Waals surface area contributed by atoms with Crippen LogP contribution in [0.2, 0.25) is 0 Å². The van der Waals surface area contributed by atoms with Crippen LogP contribution in [0.1, 0.15) is 42.6 Å². The minimum absolute atomic E-state index is 0.0325. The average molecular weight is 549 g/mol. The number of aliphatic hydroxyl groups excluding tert-OH is 1. The molecule has 3 aromatic rings. The van der Waals surface area contributed by atoms with Crippen LogP contribution in [-0.4, -0.2) is 42.2 Å². The SMILES string of the molecule is CCCN1C(=O)[C@@]2(Cc3ccccc31)N=C(c1ccc(OCCCO)cc1)O[C@H]2c1ccc(Br)cc1. The molecule has 2 atom stereocenters. The lowest BCUT2D eigenvalue weighted by atomic mass is 9.78. The lowest BCUT2D eigenvalue weighted by Gasteiger charge is -2.40. The highest BCUT2D eigenvalue weighted by atomic mass is 79.9. The largest absolute Gasteiger partial charge is 0.494 e. The van der Waals surface area contributed by atoms with Crippen LogP contribution in [0.25, 0.3) is 0 Å². The molecule has 0 unspecified atom stereocenters. The minimum Gasteiger partial charge on any atom is -0.494 e. The zero-order chi connectivity index (χ0) is 25.1. The number of hydrogen-bond acceptors (Lipinski definition) is 5. The Labute approximate surface area is 219 Å². The van der Waals surface area contributed by atoms with E-state index in [0.29, 0.717) is 37.6 Å². The van der Waals surface area contributed by atoms with E-state index in [0.717, 1.165) is 33.3 Å². The van der Waals surface area contributed by atoms with Gasteiger partial charge in [0.15, 0.2) is 11.6 Å². The fraction of sp³-hybridized carbons (Fsp3) is 0.310. The molecule has 36 heavy (non-hydrogen) atoms. The Morgan fingerprint density at radius 3 is 2.58 bits per heavy atom. The van der Waals surface area contributed by atoms with Gasteiger partial charge in [0.05, 0.1) is 6.61 Å². The molecular weight excluding hydrogens is 520 g/mol. The number of carbonyl (C=O) groups is 1. The second-order valence-electron chi connectivity index (χ2n) is 9.10. The molecule has 2 aliphatic rings. The number of aliphatic hydroxyl groups is 1. The van der Waals surface area contributed by atoms with Crippen molar-refractivity contribution >= 4 is 33.4 Å². The molecule has 5 rings (SSSR count). The number of fused-ring (bicyclic) bond motifs is 1. The van der Waals surface area contributed by atoms with Crippen LogP contribution >= 0.6 is 15.9 Å². The van der Waals surface area contributed by atoms with E-state index in [4.69, 9.17) is 19.6 Å². The number of benzene rings is 3. The van der Waals surface area contributed by atoms with Crippen molar-refractivity contribution in [2.75, 3.05) is 24.7 Å². The summed E-state index contributed by atoms with van der Waals surface area (Å²) in [6.07, 6.45) is 1.33. The number of halogens is 1. The number of hydrogen-bond donors (Lipinski definition) is 1. The Bertz CT molecular complexity index is 1260. The average Bonchev–Trinajstić information content (AvgIpc) is 3.28. The number of ether oxygens (including phenoxy) is 2. The molecule has 7 heteroatoms. The van der Waals surface area contributed by atoms with Crippen LogP contribution in [0.5, 0.6) is 5.75 Å². The van der Waals surface area contributed by atoms with E-state index in [1.54, 1.807) is 0 Å². The molecule has 0 saturated carbocycles. The molecule has 6 nitrogen and oxygen atoms in total. The molecule has 0 bridgehead atoms.